The molecule has 3 aromatic heterocycles. The van der Waals surface area contributed by atoms with Crippen LogP contribution in [-0.2, 0) is 0 Å². The van der Waals surface area contributed by atoms with Gasteiger partial charge in [-0.25, -0.2) is 9.97 Å². The van der Waals surface area contributed by atoms with Gasteiger partial charge in [0.1, 0.15) is 5.65 Å². The van der Waals surface area contributed by atoms with Gasteiger partial charge in [-0.2, -0.15) is 5.10 Å². The summed E-state index contributed by atoms with van der Waals surface area (Å²) in [6, 6.07) is 11.6. The van der Waals surface area contributed by atoms with Gasteiger partial charge in [-0.3, -0.25) is 14.3 Å². The maximum absolute atomic E-state index is 13.0. The smallest absolute Gasteiger partial charge is 0.253 e. The number of piperazine rings is 1. The van der Waals surface area contributed by atoms with Crippen LogP contribution in [0, 0.1) is 0 Å². The summed E-state index contributed by atoms with van der Waals surface area (Å²) in [7, 11) is 0. The number of nitrogens with zero attached hydrogens (tertiary/aromatic N) is 5. The van der Waals surface area contributed by atoms with Crippen LogP contribution in [-0.4, -0.2) is 61.6 Å². The largest absolute Gasteiger partial charge is 0.336 e. The number of imidazole rings is 1. The van der Waals surface area contributed by atoms with E-state index in [9.17, 15) is 4.79 Å². The summed E-state index contributed by atoms with van der Waals surface area (Å²) < 4.78 is 1.89. The summed E-state index contributed by atoms with van der Waals surface area (Å²) in [5, 5.41) is 14.1. The average molecular weight is 429 g/mol. The number of anilines is 2. The first-order valence-corrected chi connectivity index (χ1v) is 11.0. The molecule has 162 valence electrons. The van der Waals surface area contributed by atoms with Crippen molar-refractivity contribution >= 4 is 23.3 Å². The van der Waals surface area contributed by atoms with Gasteiger partial charge in [0.05, 0.1) is 5.69 Å². The molecule has 0 spiro atoms. The van der Waals surface area contributed by atoms with Crippen molar-refractivity contribution in [1.82, 2.24) is 34.8 Å². The van der Waals surface area contributed by atoms with E-state index in [0.29, 0.717) is 17.4 Å². The topological polar surface area (TPSA) is 103 Å². The molecular weight excluding hydrogens is 404 g/mol. The second-order valence-corrected chi connectivity index (χ2v) is 8.35. The number of rotatable bonds is 5. The molecule has 0 atom stereocenters. The number of nitrogens with one attached hydrogen (secondary N) is 3. The van der Waals surface area contributed by atoms with Crippen LogP contribution in [0.3, 0.4) is 0 Å². The van der Waals surface area contributed by atoms with Crippen molar-refractivity contribution in [3.8, 4) is 11.3 Å². The zero-order valence-electron chi connectivity index (χ0n) is 17.6. The van der Waals surface area contributed by atoms with Crippen molar-refractivity contribution in [2.45, 2.75) is 18.8 Å². The molecule has 32 heavy (non-hydrogen) atoms. The fourth-order valence-corrected chi connectivity index (χ4v) is 4.14. The summed E-state index contributed by atoms with van der Waals surface area (Å²) in [6.45, 7) is 3.10. The Bertz CT molecular complexity index is 1280. The molecule has 1 aliphatic carbocycles. The lowest BCUT2D eigenvalue weighted by atomic mass is 10.1. The van der Waals surface area contributed by atoms with Crippen LogP contribution in [0.1, 0.15) is 34.8 Å². The SMILES string of the molecule is O=C(c1cccc(-c2cc3nccn3c(Nc3cc(C4CC4)[nH]n3)n2)c1)N1CCNCC1. The molecule has 2 fully saturated rings. The molecule has 1 saturated heterocycles. The molecule has 0 radical (unpaired) electrons. The van der Waals surface area contributed by atoms with Gasteiger partial charge in [-0.15, -0.1) is 0 Å². The first-order chi connectivity index (χ1) is 15.7. The van der Waals surface area contributed by atoms with Gasteiger partial charge in [-0.1, -0.05) is 12.1 Å². The van der Waals surface area contributed by atoms with E-state index in [0.717, 1.165) is 54.6 Å². The maximum atomic E-state index is 13.0. The van der Waals surface area contributed by atoms with Gasteiger partial charge in [0.2, 0.25) is 5.95 Å². The number of aromatic nitrogens is 5. The monoisotopic (exact) mass is 428 g/mol. The molecule has 1 aliphatic heterocycles. The number of hydrogen-bond donors (Lipinski definition) is 3. The first kappa shape index (κ1) is 19.0. The Kier molecular flexibility index (Phi) is 4.61. The van der Waals surface area contributed by atoms with Crippen LogP contribution in [0.25, 0.3) is 16.9 Å². The van der Waals surface area contributed by atoms with Crippen molar-refractivity contribution in [2.24, 2.45) is 0 Å². The van der Waals surface area contributed by atoms with Crippen LogP contribution in [0.5, 0.6) is 0 Å². The van der Waals surface area contributed by atoms with E-state index in [1.807, 2.05) is 51.9 Å². The third kappa shape index (κ3) is 3.60. The highest BCUT2D eigenvalue weighted by Gasteiger charge is 2.25. The van der Waals surface area contributed by atoms with E-state index in [2.05, 4.69) is 25.8 Å². The Balaban J connectivity index is 1.33. The third-order valence-corrected chi connectivity index (χ3v) is 6.05. The Morgan fingerprint density at radius 1 is 1.12 bits per heavy atom. The summed E-state index contributed by atoms with van der Waals surface area (Å²) in [6.07, 6.45) is 6.04. The lowest BCUT2D eigenvalue weighted by Gasteiger charge is -2.27. The first-order valence-electron chi connectivity index (χ1n) is 11.0. The molecule has 4 aromatic rings. The zero-order chi connectivity index (χ0) is 21.5. The van der Waals surface area contributed by atoms with E-state index in [4.69, 9.17) is 4.98 Å². The van der Waals surface area contributed by atoms with E-state index in [1.165, 1.54) is 12.8 Å². The molecule has 2 aliphatic rings. The number of aromatic amines is 1. The normalized spacial score (nSPS) is 16.4. The fraction of sp³-hybridized carbons (Fsp3) is 0.304. The molecule has 1 saturated carbocycles. The molecule has 9 nitrogen and oxygen atoms in total. The summed E-state index contributed by atoms with van der Waals surface area (Å²) in [5.41, 5.74) is 4.23. The number of benzene rings is 1. The minimum absolute atomic E-state index is 0.0534. The van der Waals surface area contributed by atoms with E-state index >= 15 is 0 Å². The summed E-state index contributed by atoms with van der Waals surface area (Å²) in [4.78, 5) is 24.2. The quantitative estimate of drug-likeness (QED) is 0.452. The minimum atomic E-state index is 0.0534. The second-order valence-electron chi connectivity index (χ2n) is 8.35. The van der Waals surface area contributed by atoms with Crippen LogP contribution in [0.2, 0.25) is 0 Å². The van der Waals surface area contributed by atoms with Crippen molar-refractivity contribution in [3.05, 3.63) is 60.0 Å². The highest BCUT2D eigenvalue weighted by Crippen LogP contribution is 2.39. The summed E-state index contributed by atoms with van der Waals surface area (Å²) >= 11 is 0. The predicted molar refractivity (Wildman–Crippen MR) is 121 cm³/mol. The van der Waals surface area contributed by atoms with E-state index in [-0.39, 0.29) is 5.91 Å². The Hall–Kier alpha value is -3.72. The van der Waals surface area contributed by atoms with Gasteiger partial charge >= 0.3 is 0 Å². The van der Waals surface area contributed by atoms with Crippen molar-refractivity contribution in [2.75, 3.05) is 31.5 Å². The molecule has 3 N–H and O–H groups in total. The average Bonchev–Trinajstić information content (AvgIpc) is 3.39. The highest BCUT2D eigenvalue weighted by atomic mass is 16.2. The Morgan fingerprint density at radius 2 is 2.00 bits per heavy atom. The number of carbonyl (C=O) groups excluding carboxylic acids is 1. The number of hydrogen-bond acceptors (Lipinski definition) is 6. The Morgan fingerprint density at radius 3 is 2.84 bits per heavy atom. The third-order valence-electron chi connectivity index (χ3n) is 6.05. The summed E-state index contributed by atoms with van der Waals surface area (Å²) in [5.74, 6) is 2.01. The Labute approximate surface area is 184 Å². The van der Waals surface area contributed by atoms with Gasteiger partial charge in [0, 0.05) is 73.4 Å². The number of carbonyl (C=O) groups is 1. The van der Waals surface area contributed by atoms with E-state index < -0.39 is 0 Å². The molecule has 0 unspecified atom stereocenters. The second kappa shape index (κ2) is 7.76. The minimum Gasteiger partial charge on any atom is -0.336 e. The lowest BCUT2D eigenvalue weighted by molar-refractivity contribution is 0.0736. The maximum Gasteiger partial charge on any atom is 0.253 e. The zero-order valence-corrected chi connectivity index (χ0v) is 17.6. The van der Waals surface area contributed by atoms with Gasteiger partial charge in [0.15, 0.2) is 5.82 Å². The van der Waals surface area contributed by atoms with Crippen LogP contribution in [0.4, 0.5) is 11.8 Å². The van der Waals surface area contributed by atoms with Crippen LogP contribution < -0.4 is 10.6 Å². The predicted octanol–water partition coefficient (Wildman–Crippen LogP) is 2.79. The van der Waals surface area contributed by atoms with Gasteiger partial charge in [-0.05, 0) is 25.0 Å². The molecule has 4 heterocycles. The molecule has 9 heteroatoms. The van der Waals surface area contributed by atoms with Gasteiger partial charge in [0.25, 0.3) is 5.91 Å². The van der Waals surface area contributed by atoms with Gasteiger partial charge < -0.3 is 15.5 Å². The molecular formula is C23H24N8O. The molecule has 0 bridgehead atoms. The van der Waals surface area contributed by atoms with E-state index in [1.54, 1.807) is 6.20 Å². The number of amides is 1. The highest BCUT2D eigenvalue weighted by molar-refractivity contribution is 5.95. The molecule has 1 aromatic carbocycles. The number of fused-ring (bicyclic) bond motifs is 1. The van der Waals surface area contributed by atoms with Crippen LogP contribution >= 0.6 is 0 Å². The fourth-order valence-electron chi connectivity index (χ4n) is 4.14. The van der Waals surface area contributed by atoms with Crippen LogP contribution in [0.15, 0.2) is 48.8 Å². The standard InChI is InChI=1S/C23H24N8O/c32-22(30-9-6-24-7-10-30)17-3-1-2-16(12-17)18-14-21-25-8-11-31(21)23(26-18)27-20-13-19(28-29-20)15-4-5-15/h1-3,8,11-15,24H,4-7,9-10H2,(H2,26,27,28,29). The van der Waals surface area contributed by atoms with Crippen molar-refractivity contribution in [3.63, 3.8) is 0 Å². The molecule has 1 amide bonds. The number of H-pyrrole nitrogens is 1. The molecule has 6 rings (SSSR count). The van der Waals surface area contributed by atoms with Crippen molar-refractivity contribution < 1.29 is 4.79 Å². The lowest BCUT2D eigenvalue weighted by Crippen LogP contribution is -2.46. The van der Waals surface area contributed by atoms with Crippen molar-refractivity contribution in [1.29, 1.82) is 0 Å².